The second kappa shape index (κ2) is 3.17. The SMILES string of the molecule is C#CC(C)(C)c1cccc(C2CC2)c1. The number of terminal acetylenes is 1. The predicted molar refractivity (Wildman–Crippen MR) is 60.3 cm³/mol. The van der Waals surface area contributed by atoms with Gasteiger partial charge in [0.1, 0.15) is 0 Å². The van der Waals surface area contributed by atoms with Crippen LogP contribution < -0.4 is 0 Å². The molecular weight excluding hydrogens is 168 g/mol. The Labute approximate surface area is 86.3 Å². The molecule has 0 amide bonds. The van der Waals surface area contributed by atoms with Gasteiger partial charge in [-0.3, -0.25) is 0 Å². The fraction of sp³-hybridized carbons (Fsp3) is 0.429. The molecule has 0 aromatic heterocycles. The first-order valence-electron chi connectivity index (χ1n) is 5.22. The molecule has 0 bridgehead atoms. The van der Waals surface area contributed by atoms with E-state index >= 15 is 0 Å². The zero-order valence-corrected chi connectivity index (χ0v) is 8.88. The van der Waals surface area contributed by atoms with Crippen molar-refractivity contribution in [3.05, 3.63) is 35.4 Å². The summed E-state index contributed by atoms with van der Waals surface area (Å²) in [5, 5.41) is 0. The van der Waals surface area contributed by atoms with Gasteiger partial charge in [-0.05, 0) is 43.7 Å². The molecule has 1 aliphatic rings. The normalized spacial score (nSPS) is 16.4. The van der Waals surface area contributed by atoms with Crippen molar-refractivity contribution in [1.82, 2.24) is 0 Å². The summed E-state index contributed by atoms with van der Waals surface area (Å²) in [6.45, 7) is 4.19. The minimum Gasteiger partial charge on any atom is -0.119 e. The third-order valence-corrected chi connectivity index (χ3v) is 3.02. The van der Waals surface area contributed by atoms with Gasteiger partial charge in [0.15, 0.2) is 0 Å². The van der Waals surface area contributed by atoms with Crippen molar-refractivity contribution in [3.8, 4) is 12.3 Å². The Morgan fingerprint density at radius 2 is 2.07 bits per heavy atom. The van der Waals surface area contributed by atoms with Gasteiger partial charge in [-0.1, -0.05) is 30.2 Å². The molecule has 0 unspecified atom stereocenters. The number of rotatable bonds is 2. The third kappa shape index (κ3) is 1.68. The highest BCUT2D eigenvalue weighted by Crippen LogP contribution is 2.41. The molecule has 1 aromatic rings. The van der Waals surface area contributed by atoms with Crippen LogP contribution in [0.5, 0.6) is 0 Å². The maximum absolute atomic E-state index is 5.53. The smallest absolute Gasteiger partial charge is 0.0504 e. The number of benzene rings is 1. The zero-order chi connectivity index (χ0) is 10.2. The molecule has 0 nitrogen and oxygen atoms in total. The van der Waals surface area contributed by atoms with Gasteiger partial charge in [-0.15, -0.1) is 6.42 Å². The summed E-state index contributed by atoms with van der Waals surface area (Å²) in [6.07, 6.45) is 8.22. The van der Waals surface area contributed by atoms with Crippen LogP contribution in [0.2, 0.25) is 0 Å². The van der Waals surface area contributed by atoms with Gasteiger partial charge in [0.2, 0.25) is 0 Å². The van der Waals surface area contributed by atoms with Gasteiger partial charge in [-0.25, -0.2) is 0 Å². The average molecular weight is 184 g/mol. The van der Waals surface area contributed by atoms with Gasteiger partial charge in [-0.2, -0.15) is 0 Å². The minimum atomic E-state index is -0.134. The number of hydrogen-bond donors (Lipinski definition) is 0. The first-order chi connectivity index (χ1) is 6.63. The van der Waals surface area contributed by atoms with Crippen molar-refractivity contribution >= 4 is 0 Å². The molecule has 72 valence electrons. The summed E-state index contributed by atoms with van der Waals surface area (Å²) >= 11 is 0. The molecule has 0 saturated heterocycles. The van der Waals surface area contributed by atoms with Gasteiger partial charge in [0.05, 0.1) is 5.41 Å². The maximum Gasteiger partial charge on any atom is 0.0504 e. The highest BCUT2D eigenvalue weighted by Gasteiger charge is 2.25. The minimum absolute atomic E-state index is 0.134. The van der Waals surface area contributed by atoms with E-state index in [4.69, 9.17) is 6.42 Å². The van der Waals surface area contributed by atoms with E-state index < -0.39 is 0 Å². The molecule has 0 heteroatoms. The third-order valence-electron chi connectivity index (χ3n) is 3.02. The molecule has 2 rings (SSSR count). The second-order valence-electron chi connectivity index (χ2n) is 4.67. The first-order valence-corrected chi connectivity index (χ1v) is 5.22. The molecule has 1 fully saturated rings. The molecule has 1 aromatic carbocycles. The van der Waals surface area contributed by atoms with Crippen molar-refractivity contribution in [2.75, 3.05) is 0 Å². The summed E-state index contributed by atoms with van der Waals surface area (Å²) in [5.41, 5.74) is 2.60. The van der Waals surface area contributed by atoms with Crippen LogP contribution in [-0.2, 0) is 5.41 Å². The van der Waals surface area contributed by atoms with Crippen LogP contribution in [0.15, 0.2) is 24.3 Å². The standard InChI is InChI=1S/C14H16/c1-4-14(2,3)13-7-5-6-12(10-13)11-8-9-11/h1,5-7,10-11H,8-9H2,2-3H3. The Balaban J connectivity index is 2.35. The van der Waals surface area contributed by atoms with Gasteiger partial charge >= 0.3 is 0 Å². The molecule has 0 spiro atoms. The van der Waals surface area contributed by atoms with E-state index in [1.807, 2.05) is 0 Å². The van der Waals surface area contributed by atoms with Crippen LogP contribution >= 0.6 is 0 Å². The largest absolute Gasteiger partial charge is 0.119 e. The van der Waals surface area contributed by atoms with Crippen molar-refractivity contribution < 1.29 is 0 Å². The molecule has 1 saturated carbocycles. The monoisotopic (exact) mass is 184 g/mol. The van der Waals surface area contributed by atoms with Crippen molar-refractivity contribution in [2.24, 2.45) is 0 Å². The quantitative estimate of drug-likeness (QED) is 0.617. The predicted octanol–water partition coefficient (Wildman–Crippen LogP) is 3.47. The Morgan fingerprint density at radius 3 is 2.64 bits per heavy atom. The van der Waals surface area contributed by atoms with Crippen molar-refractivity contribution in [3.63, 3.8) is 0 Å². The lowest BCUT2D eigenvalue weighted by molar-refractivity contribution is 0.697. The summed E-state index contributed by atoms with van der Waals surface area (Å²) < 4.78 is 0. The lowest BCUT2D eigenvalue weighted by Crippen LogP contribution is -2.13. The summed E-state index contributed by atoms with van der Waals surface area (Å²) in [7, 11) is 0. The molecule has 14 heavy (non-hydrogen) atoms. The highest BCUT2D eigenvalue weighted by molar-refractivity contribution is 5.37. The lowest BCUT2D eigenvalue weighted by atomic mass is 9.84. The van der Waals surface area contributed by atoms with Crippen LogP contribution in [-0.4, -0.2) is 0 Å². The maximum atomic E-state index is 5.53. The van der Waals surface area contributed by atoms with Gasteiger partial charge in [0.25, 0.3) is 0 Å². The highest BCUT2D eigenvalue weighted by atomic mass is 14.3. The fourth-order valence-corrected chi connectivity index (χ4v) is 1.68. The fourth-order valence-electron chi connectivity index (χ4n) is 1.68. The van der Waals surface area contributed by atoms with E-state index in [9.17, 15) is 0 Å². The molecule has 1 aliphatic carbocycles. The second-order valence-corrected chi connectivity index (χ2v) is 4.67. The van der Waals surface area contributed by atoms with E-state index in [0.717, 1.165) is 5.92 Å². The van der Waals surface area contributed by atoms with Crippen LogP contribution in [0.25, 0.3) is 0 Å². The molecule has 0 N–H and O–H groups in total. The van der Waals surface area contributed by atoms with E-state index in [2.05, 4.69) is 44.0 Å². The number of hydrogen-bond acceptors (Lipinski definition) is 0. The molecule has 0 aliphatic heterocycles. The van der Waals surface area contributed by atoms with E-state index in [-0.39, 0.29) is 5.41 Å². The molecule has 0 atom stereocenters. The summed E-state index contributed by atoms with van der Waals surface area (Å²) in [4.78, 5) is 0. The lowest BCUT2D eigenvalue weighted by Gasteiger charge is -2.18. The summed E-state index contributed by atoms with van der Waals surface area (Å²) in [5.74, 6) is 3.65. The van der Waals surface area contributed by atoms with Crippen LogP contribution in [0.1, 0.15) is 43.7 Å². The average Bonchev–Trinajstić information content (AvgIpc) is 3.01. The first kappa shape index (κ1) is 9.34. The Morgan fingerprint density at radius 1 is 1.36 bits per heavy atom. The Kier molecular flexibility index (Phi) is 2.11. The molecule has 0 radical (unpaired) electrons. The van der Waals surface area contributed by atoms with E-state index in [1.165, 1.54) is 24.0 Å². The van der Waals surface area contributed by atoms with Crippen molar-refractivity contribution in [2.45, 2.75) is 38.0 Å². The van der Waals surface area contributed by atoms with E-state index in [0.29, 0.717) is 0 Å². The van der Waals surface area contributed by atoms with Crippen LogP contribution in [0.3, 0.4) is 0 Å². The Hall–Kier alpha value is -1.22. The molecular formula is C14H16. The van der Waals surface area contributed by atoms with Gasteiger partial charge < -0.3 is 0 Å². The molecule has 0 heterocycles. The van der Waals surface area contributed by atoms with Crippen LogP contribution in [0.4, 0.5) is 0 Å². The zero-order valence-electron chi connectivity index (χ0n) is 8.88. The van der Waals surface area contributed by atoms with Crippen LogP contribution in [0, 0.1) is 12.3 Å². The Bertz CT molecular complexity index is 375. The van der Waals surface area contributed by atoms with E-state index in [1.54, 1.807) is 0 Å². The van der Waals surface area contributed by atoms with Gasteiger partial charge in [0, 0.05) is 0 Å². The van der Waals surface area contributed by atoms with Crippen molar-refractivity contribution in [1.29, 1.82) is 0 Å². The summed E-state index contributed by atoms with van der Waals surface area (Å²) in [6, 6.07) is 8.75. The topological polar surface area (TPSA) is 0 Å².